The second-order valence-corrected chi connectivity index (χ2v) is 6.14. The molecule has 0 aliphatic rings. The summed E-state index contributed by atoms with van der Waals surface area (Å²) in [6, 6.07) is 7.82. The summed E-state index contributed by atoms with van der Waals surface area (Å²) in [5.41, 5.74) is 1.17. The first kappa shape index (κ1) is 14.9. The van der Waals surface area contributed by atoms with Crippen molar-refractivity contribution < 1.29 is 14.3 Å². The number of ether oxygens (including phenoxy) is 1. The summed E-state index contributed by atoms with van der Waals surface area (Å²) in [4.78, 5) is 27.7. The smallest absolute Gasteiger partial charge is 0.358 e. The van der Waals surface area contributed by atoms with Gasteiger partial charge in [-0.3, -0.25) is 4.79 Å². The van der Waals surface area contributed by atoms with E-state index in [1.54, 1.807) is 0 Å². The highest BCUT2D eigenvalue weighted by Crippen LogP contribution is 2.23. The fourth-order valence-electron chi connectivity index (χ4n) is 1.69. The molecule has 0 N–H and O–H groups in total. The van der Waals surface area contributed by atoms with E-state index in [-0.39, 0.29) is 11.5 Å². The van der Waals surface area contributed by atoms with Crippen molar-refractivity contribution in [3.63, 3.8) is 0 Å². The zero-order chi connectivity index (χ0) is 14.7. The maximum atomic E-state index is 11.6. The number of hydrogen-bond donors (Lipinski definition) is 0. The van der Waals surface area contributed by atoms with Gasteiger partial charge in [-0.15, -0.1) is 11.3 Å². The lowest BCUT2D eigenvalue weighted by Crippen LogP contribution is -2.07. The van der Waals surface area contributed by atoms with Gasteiger partial charge < -0.3 is 4.74 Å². The third kappa shape index (κ3) is 3.32. The second kappa shape index (κ2) is 6.28. The van der Waals surface area contributed by atoms with Gasteiger partial charge in [0.25, 0.3) is 0 Å². The lowest BCUT2D eigenvalue weighted by molar-refractivity contribution is 0.0591. The molecular weight excluding hydrogens is 342 g/mol. The van der Waals surface area contributed by atoms with E-state index >= 15 is 0 Å². The van der Waals surface area contributed by atoms with E-state index in [9.17, 15) is 9.59 Å². The highest BCUT2D eigenvalue weighted by atomic mass is 79.9. The van der Waals surface area contributed by atoms with Crippen LogP contribution in [0.1, 0.15) is 37.7 Å². The van der Waals surface area contributed by atoms with Crippen molar-refractivity contribution in [2.75, 3.05) is 7.11 Å². The number of Topliss-reactive ketones (excluding diaryl/α,β-unsaturated/α-hetero) is 1. The molecule has 20 heavy (non-hydrogen) atoms. The molecule has 0 spiro atoms. The van der Waals surface area contributed by atoms with E-state index in [4.69, 9.17) is 0 Å². The molecule has 1 heterocycles. The molecule has 0 radical (unpaired) electrons. The number of methoxy groups -OCH3 is 1. The Morgan fingerprint density at radius 3 is 2.50 bits per heavy atom. The molecule has 104 valence electrons. The summed E-state index contributed by atoms with van der Waals surface area (Å²) < 4.78 is 5.65. The quantitative estimate of drug-likeness (QED) is 0.623. The Kier molecular flexibility index (Phi) is 4.67. The van der Waals surface area contributed by atoms with Crippen molar-refractivity contribution in [1.82, 2.24) is 4.98 Å². The van der Waals surface area contributed by atoms with E-state index in [1.165, 1.54) is 25.4 Å². The third-order valence-corrected chi connectivity index (χ3v) is 4.32. The van der Waals surface area contributed by atoms with Gasteiger partial charge in [0.15, 0.2) is 11.5 Å². The fourth-order valence-corrected chi connectivity index (χ4v) is 2.94. The average Bonchev–Trinajstić information content (AvgIpc) is 2.84. The van der Waals surface area contributed by atoms with E-state index in [0.717, 1.165) is 15.0 Å². The molecule has 6 heteroatoms. The molecule has 0 atom stereocenters. The number of thiazole rings is 1. The molecule has 1 aromatic heterocycles. The molecule has 0 unspecified atom stereocenters. The molecule has 0 fully saturated rings. The SMILES string of the molecule is COC(=O)c1nc(Cc2ccc(Br)cc2)sc1C(C)=O. The predicted octanol–water partition coefficient (Wildman–Crippen LogP) is 3.49. The molecule has 2 rings (SSSR count). The molecular formula is C14H12BrNO3S. The molecule has 0 bridgehead atoms. The summed E-state index contributed by atoms with van der Waals surface area (Å²) >= 11 is 4.61. The highest BCUT2D eigenvalue weighted by molar-refractivity contribution is 9.10. The Bertz CT molecular complexity index is 649. The van der Waals surface area contributed by atoms with E-state index in [0.29, 0.717) is 11.3 Å². The first-order valence-electron chi connectivity index (χ1n) is 5.84. The predicted molar refractivity (Wildman–Crippen MR) is 80.4 cm³/mol. The van der Waals surface area contributed by atoms with Crippen molar-refractivity contribution in [1.29, 1.82) is 0 Å². The Morgan fingerprint density at radius 2 is 1.95 bits per heavy atom. The van der Waals surface area contributed by atoms with Gasteiger partial charge >= 0.3 is 5.97 Å². The number of hydrogen-bond acceptors (Lipinski definition) is 5. The van der Waals surface area contributed by atoms with Crippen molar-refractivity contribution >= 4 is 39.0 Å². The molecule has 0 aliphatic carbocycles. The number of carbonyl (C=O) groups is 2. The number of ketones is 1. The van der Waals surface area contributed by atoms with Crippen LogP contribution >= 0.6 is 27.3 Å². The zero-order valence-electron chi connectivity index (χ0n) is 11.0. The van der Waals surface area contributed by atoms with Crippen LogP contribution in [0.25, 0.3) is 0 Å². The van der Waals surface area contributed by atoms with Gasteiger partial charge in [-0.05, 0) is 17.7 Å². The minimum absolute atomic E-state index is 0.108. The van der Waals surface area contributed by atoms with Gasteiger partial charge in [0.2, 0.25) is 0 Å². The van der Waals surface area contributed by atoms with Gasteiger partial charge in [-0.1, -0.05) is 28.1 Å². The van der Waals surface area contributed by atoms with Crippen LogP contribution in [0.5, 0.6) is 0 Å². The van der Waals surface area contributed by atoms with Gasteiger partial charge in [-0.2, -0.15) is 0 Å². The van der Waals surface area contributed by atoms with Crippen LogP contribution in [-0.2, 0) is 11.2 Å². The number of nitrogens with zero attached hydrogens (tertiary/aromatic N) is 1. The number of esters is 1. The largest absolute Gasteiger partial charge is 0.464 e. The van der Waals surface area contributed by atoms with E-state index < -0.39 is 5.97 Å². The van der Waals surface area contributed by atoms with Crippen LogP contribution in [-0.4, -0.2) is 23.8 Å². The number of halogens is 1. The van der Waals surface area contributed by atoms with Crippen molar-refractivity contribution in [2.45, 2.75) is 13.3 Å². The zero-order valence-corrected chi connectivity index (χ0v) is 13.4. The van der Waals surface area contributed by atoms with Gasteiger partial charge in [0, 0.05) is 17.8 Å². The van der Waals surface area contributed by atoms with Crippen LogP contribution in [0.2, 0.25) is 0 Å². The monoisotopic (exact) mass is 353 g/mol. The molecule has 0 saturated carbocycles. The summed E-state index contributed by atoms with van der Waals surface area (Å²) in [5, 5.41) is 0.720. The number of benzene rings is 1. The minimum atomic E-state index is -0.575. The molecule has 0 saturated heterocycles. The first-order chi connectivity index (χ1) is 9.51. The Balaban J connectivity index is 2.31. The Hall–Kier alpha value is -1.53. The summed E-state index contributed by atoms with van der Waals surface area (Å²) in [5.74, 6) is -0.751. The normalized spacial score (nSPS) is 10.3. The summed E-state index contributed by atoms with van der Waals surface area (Å²) in [6.07, 6.45) is 0.579. The van der Waals surface area contributed by atoms with Gasteiger partial charge in [0.1, 0.15) is 4.88 Å². The van der Waals surface area contributed by atoms with Gasteiger partial charge in [0.05, 0.1) is 12.1 Å². The fraction of sp³-hybridized carbons (Fsp3) is 0.214. The number of carbonyl (C=O) groups excluding carboxylic acids is 2. The number of aromatic nitrogens is 1. The summed E-state index contributed by atoms with van der Waals surface area (Å²) in [6.45, 7) is 1.42. The lowest BCUT2D eigenvalue weighted by atomic mass is 10.2. The highest BCUT2D eigenvalue weighted by Gasteiger charge is 2.21. The van der Waals surface area contributed by atoms with Crippen LogP contribution in [0.3, 0.4) is 0 Å². The van der Waals surface area contributed by atoms with Crippen LogP contribution in [0, 0.1) is 0 Å². The Labute approximate surface area is 128 Å². The molecule has 4 nitrogen and oxygen atoms in total. The standard InChI is InChI=1S/C14H12BrNO3S/c1-8(17)13-12(14(18)19-2)16-11(20-13)7-9-3-5-10(15)6-4-9/h3-6H,7H2,1-2H3. The van der Waals surface area contributed by atoms with Crippen LogP contribution < -0.4 is 0 Å². The lowest BCUT2D eigenvalue weighted by Gasteiger charge is -1.97. The van der Waals surface area contributed by atoms with E-state index in [1.807, 2.05) is 24.3 Å². The maximum Gasteiger partial charge on any atom is 0.358 e. The third-order valence-electron chi connectivity index (χ3n) is 2.64. The van der Waals surface area contributed by atoms with Crippen molar-refractivity contribution in [3.05, 3.63) is 49.9 Å². The van der Waals surface area contributed by atoms with Crippen molar-refractivity contribution in [3.8, 4) is 0 Å². The van der Waals surface area contributed by atoms with Crippen molar-refractivity contribution in [2.24, 2.45) is 0 Å². The first-order valence-corrected chi connectivity index (χ1v) is 7.45. The van der Waals surface area contributed by atoms with Crippen LogP contribution in [0.4, 0.5) is 0 Å². The topological polar surface area (TPSA) is 56.3 Å². The molecule has 0 aliphatic heterocycles. The van der Waals surface area contributed by atoms with Gasteiger partial charge in [-0.25, -0.2) is 9.78 Å². The number of rotatable bonds is 4. The molecule has 2 aromatic rings. The maximum absolute atomic E-state index is 11.6. The Morgan fingerprint density at radius 1 is 1.30 bits per heavy atom. The molecule has 0 amide bonds. The van der Waals surface area contributed by atoms with E-state index in [2.05, 4.69) is 25.7 Å². The molecule has 1 aromatic carbocycles. The second-order valence-electron chi connectivity index (χ2n) is 4.14. The van der Waals surface area contributed by atoms with Crippen LogP contribution in [0.15, 0.2) is 28.7 Å². The minimum Gasteiger partial charge on any atom is -0.464 e. The average molecular weight is 354 g/mol. The summed E-state index contributed by atoms with van der Waals surface area (Å²) in [7, 11) is 1.28.